The van der Waals surface area contributed by atoms with Crippen LogP contribution < -0.4 is 10.6 Å². The number of morpholine rings is 1. The fraction of sp³-hybridized carbons (Fsp3) is 0.400. The number of rotatable bonds is 4. The van der Waals surface area contributed by atoms with Gasteiger partial charge in [0.15, 0.2) is 5.82 Å². The molecule has 2 aromatic rings. The fourth-order valence-corrected chi connectivity index (χ4v) is 2.41. The average Bonchev–Trinajstić information content (AvgIpc) is 3.04. The molecule has 7 nitrogen and oxygen atoms in total. The van der Waals surface area contributed by atoms with Crippen molar-refractivity contribution in [2.24, 2.45) is 0 Å². The van der Waals surface area contributed by atoms with Gasteiger partial charge in [0.05, 0.1) is 13.2 Å². The molecule has 1 unspecified atom stereocenters. The summed E-state index contributed by atoms with van der Waals surface area (Å²) in [5.41, 5.74) is 1.66. The van der Waals surface area contributed by atoms with Crippen LogP contribution in [0.15, 0.2) is 30.6 Å². The van der Waals surface area contributed by atoms with E-state index in [1.54, 1.807) is 6.33 Å². The summed E-state index contributed by atoms with van der Waals surface area (Å²) in [6.45, 7) is 4.56. The molecule has 1 saturated heterocycles. The first-order valence-electron chi connectivity index (χ1n) is 7.38. The number of carbonyl (C=O) groups excluding carboxylic acids is 1. The molecule has 2 N–H and O–H groups in total. The summed E-state index contributed by atoms with van der Waals surface area (Å²) >= 11 is 0. The summed E-state index contributed by atoms with van der Waals surface area (Å²) in [7, 11) is 0. The van der Waals surface area contributed by atoms with Crippen molar-refractivity contribution in [2.45, 2.75) is 19.5 Å². The van der Waals surface area contributed by atoms with Crippen LogP contribution in [-0.4, -0.2) is 46.5 Å². The van der Waals surface area contributed by atoms with Crippen molar-refractivity contribution in [3.8, 4) is 11.4 Å². The Hall–Kier alpha value is -1.67. The molecule has 3 rings (SSSR count). The number of benzene rings is 1. The Kier molecular flexibility index (Phi) is 8.14. The molecule has 0 aliphatic carbocycles. The van der Waals surface area contributed by atoms with Gasteiger partial charge < -0.3 is 19.9 Å². The summed E-state index contributed by atoms with van der Waals surface area (Å²) in [6.07, 6.45) is 1.70. The largest absolute Gasteiger partial charge is 0.378 e. The molecule has 2 heterocycles. The van der Waals surface area contributed by atoms with Crippen LogP contribution in [0.3, 0.4) is 0 Å². The molecule has 132 valence electrons. The number of anilines is 1. The van der Waals surface area contributed by atoms with E-state index in [1.807, 2.05) is 35.8 Å². The normalized spacial score (nSPS) is 16.6. The van der Waals surface area contributed by atoms with Crippen LogP contribution >= 0.6 is 24.8 Å². The van der Waals surface area contributed by atoms with Gasteiger partial charge in [-0.15, -0.1) is 35.0 Å². The van der Waals surface area contributed by atoms with Gasteiger partial charge in [-0.05, 0) is 19.1 Å². The van der Waals surface area contributed by atoms with E-state index in [9.17, 15) is 4.79 Å². The summed E-state index contributed by atoms with van der Waals surface area (Å²) < 4.78 is 7.26. The molecule has 9 heteroatoms. The molecule has 1 amide bonds. The van der Waals surface area contributed by atoms with Crippen molar-refractivity contribution >= 4 is 36.4 Å². The zero-order valence-electron chi connectivity index (χ0n) is 13.3. The molecule has 24 heavy (non-hydrogen) atoms. The first-order chi connectivity index (χ1) is 10.8. The van der Waals surface area contributed by atoms with E-state index >= 15 is 0 Å². The first-order valence-corrected chi connectivity index (χ1v) is 7.38. The van der Waals surface area contributed by atoms with E-state index in [2.05, 4.69) is 20.8 Å². The number of aromatic nitrogens is 3. The number of aryl methyl sites for hydroxylation is 1. The molecule has 0 saturated carbocycles. The van der Waals surface area contributed by atoms with Gasteiger partial charge in [-0.3, -0.25) is 4.79 Å². The Morgan fingerprint density at radius 1 is 1.46 bits per heavy atom. The Morgan fingerprint density at radius 3 is 3.00 bits per heavy atom. The van der Waals surface area contributed by atoms with Crippen molar-refractivity contribution in [3.05, 3.63) is 30.6 Å². The van der Waals surface area contributed by atoms with Crippen molar-refractivity contribution in [2.75, 3.05) is 25.1 Å². The lowest BCUT2D eigenvalue weighted by Gasteiger charge is -2.23. The van der Waals surface area contributed by atoms with E-state index in [4.69, 9.17) is 4.74 Å². The van der Waals surface area contributed by atoms with Gasteiger partial charge in [0.2, 0.25) is 5.91 Å². The Morgan fingerprint density at radius 2 is 2.29 bits per heavy atom. The van der Waals surface area contributed by atoms with Gasteiger partial charge >= 0.3 is 0 Å². The number of carbonyl (C=O) groups is 1. The number of hydrogen-bond donors (Lipinski definition) is 2. The van der Waals surface area contributed by atoms with Crippen LogP contribution in [0.25, 0.3) is 11.4 Å². The van der Waals surface area contributed by atoms with Gasteiger partial charge in [-0.25, -0.2) is 0 Å². The van der Waals surface area contributed by atoms with E-state index < -0.39 is 0 Å². The fourth-order valence-electron chi connectivity index (χ4n) is 2.41. The van der Waals surface area contributed by atoms with Crippen LogP contribution in [0.4, 0.5) is 5.69 Å². The molecule has 0 bridgehead atoms. The van der Waals surface area contributed by atoms with Crippen molar-refractivity contribution in [3.63, 3.8) is 0 Å². The minimum atomic E-state index is -0.309. The van der Waals surface area contributed by atoms with Crippen LogP contribution in [0, 0.1) is 0 Å². The molecule has 1 fully saturated rings. The Labute approximate surface area is 153 Å². The summed E-state index contributed by atoms with van der Waals surface area (Å²) in [6, 6.07) is 7.30. The molecule has 0 radical (unpaired) electrons. The highest BCUT2D eigenvalue weighted by atomic mass is 35.5. The standard InChI is InChI=1S/C15H19N5O2.2ClH/c1-2-20-10-17-19-14(20)11-4-3-5-12(8-11)18-15(21)13-9-22-7-6-16-13;;/h3-5,8,10,13,16H,2,6-7,9H2,1H3,(H,18,21);2*1H. The highest BCUT2D eigenvalue weighted by Gasteiger charge is 2.21. The van der Waals surface area contributed by atoms with Gasteiger partial charge in [0, 0.05) is 24.3 Å². The molecule has 1 aliphatic heterocycles. The third kappa shape index (κ3) is 4.67. The second-order valence-corrected chi connectivity index (χ2v) is 5.09. The quantitative estimate of drug-likeness (QED) is 0.852. The van der Waals surface area contributed by atoms with E-state index in [0.717, 1.165) is 23.6 Å². The highest BCUT2D eigenvalue weighted by molar-refractivity contribution is 5.95. The molecule has 0 spiro atoms. The number of nitrogens with one attached hydrogen (secondary N) is 2. The molecular formula is C15H21Cl2N5O2. The van der Waals surface area contributed by atoms with Crippen LogP contribution in [0.2, 0.25) is 0 Å². The van der Waals surface area contributed by atoms with Gasteiger partial charge in [0.25, 0.3) is 0 Å². The molecule has 1 aliphatic rings. The smallest absolute Gasteiger partial charge is 0.243 e. The van der Waals surface area contributed by atoms with Gasteiger partial charge in [0.1, 0.15) is 12.4 Å². The number of ether oxygens (including phenoxy) is 1. The lowest BCUT2D eigenvalue weighted by Crippen LogP contribution is -2.48. The Balaban J connectivity index is 0.00000144. The van der Waals surface area contributed by atoms with Crippen molar-refractivity contribution < 1.29 is 9.53 Å². The minimum absolute atomic E-state index is 0. The maximum atomic E-state index is 12.2. The molecule has 1 aromatic carbocycles. The van der Waals surface area contributed by atoms with Crippen molar-refractivity contribution in [1.29, 1.82) is 0 Å². The van der Waals surface area contributed by atoms with Crippen LogP contribution in [-0.2, 0) is 16.1 Å². The maximum Gasteiger partial charge on any atom is 0.243 e. The average molecular weight is 374 g/mol. The number of halogens is 2. The van der Waals surface area contributed by atoms with E-state index in [0.29, 0.717) is 19.8 Å². The number of amides is 1. The summed E-state index contributed by atoms with van der Waals surface area (Å²) in [4.78, 5) is 12.2. The van der Waals surface area contributed by atoms with Crippen LogP contribution in [0.5, 0.6) is 0 Å². The molecular weight excluding hydrogens is 353 g/mol. The zero-order chi connectivity index (χ0) is 15.4. The van der Waals surface area contributed by atoms with Gasteiger partial charge in [-0.1, -0.05) is 12.1 Å². The molecule has 1 aromatic heterocycles. The topological polar surface area (TPSA) is 81.1 Å². The predicted molar refractivity (Wildman–Crippen MR) is 96.9 cm³/mol. The summed E-state index contributed by atoms with van der Waals surface area (Å²) in [5, 5.41) is 14.1. The first kappa shape index (κ1) is 20.4. The SMILES string of the molecule is CCn1cnnc1-c1cccc(NC(=O)C2COCCN2)c1.Cl.Cl. The predicted octanol–water partition coefficient (Wildman–Crippen LogP) is 1.74. The number of nitrogens with zero attached hydrogens (tertiary/aromatic N) is 3. The van der Waals surface area contributed by atoms with E-state index in [1.165, 1.54) is 0 Å². The second kappa shape index (κ2) is 9.58. The monoisotopic (exact) mass is 373 g/mol. The third-order valence-electron chi connectivity index (χ3n) is 3.58. The van der Waals surface area contributed by atoms with Gasteiger partial charge in [-0.2, -0.15) is 0 Å². The van der Waals surface area contributed by atoms with Crippen LogP contribution in [0.1, 0.15) is 6.92 Å². The number of hydrogen-bond acceptors (Lipinski definition) is 5. The molecule has 1 atom stereocenters. The summed E-state index contributed by atoms with van der Waals surface area (Å²) in [5.74, 6) is 0.700. The van der Waals surface area contributed by atoms with Crippen molar-refractivity contribution in [1.82, 2.24) is 20.1 Å². The lowest BCUT2D eigenvalue weighted by atomic mass is 10.1. The maximum absolute atomic E-state index is 12.2. The third-order valence-corrected chi connectivity index (χ3v) is 3.58. The lowest BCUT2D eigenvalue weighted by molar-refractivity contribution is -0.120. The Bertz CT molecular complexity index is 659. The second-order valence-electron chi connectivity index (χ2n) is 5.09. The minimum Gasteiger partial charge on any atom is -0.378 e. The highest BCUT2D eigenvalue weighted by Crippen LogP contribution is 2.20. The zero-order valence-corrected chi connectivity index (χ0v) is 14.9. The van der Waals surface area contributed by atoms with E-state index in [-0.39, 0.29) is 36.8 Å².